The Balaban J connectivity index is 2.12. The second kappa shape index (κ2) is 6.82. The number of anilines is 1. The Kier molecular flexibility index (Phi) is 5.34. The van der Waals surface area contributed by atoms with E-state index in [4.69, 9.17) is 11.6 Å². The third-order valence-electron chi connectivity index (χ3n) is 4.24. The third kappa shape index (κ3) is 3.89. The van der Waals surface area contributed by atoms with Crippen molar-refractivity contribution in [2.24, 2.45) is 11.8 Å². The molecular formula is C17H27ClN2. The second-order valence-electron chi connectivity index (χ2n) is 6.45. The third-order valence-corrected chi connectivity index (χ3v) is 4.60. The van der Waals surface area contributed by atoms with Gasteiger partial charge in [0, 0.05) is 35.9 Å². The molecule has 0 heterocycles. The molecule has 1 aliphatic carbocycles. The highest BCUT2D eigenvalue weighted by molar-refractivity contribution is 6.31. The summed E-state index contributed by atoms with van der Waals surface area (Å²) in [7, 11) is 2.20. The minimum atomic E-state index is 0.595. The van der Waals surface area contributed by atoms with Gasteiger partial charge in [0.05, 0.1) is 0 Å². The van der Waals surface area contributed by atoms with Crippen molar-refractivity contribution < 1.29 is 0 Å². The number of nitrogens with one attached hydrogen (secondary N) is 1. The monoisotopic (exact) mass is 294 g/mol. The molecule has 20 heavy (non-hydrogen) atoms. The maximum absolute atomic E-state index is 6.42. The molecule has 2 nitrogen and oxygen atoms in total. The topological polar surface area (TPSA) is 15.3 Å². The van der Waals surface area contributed by atoms with Crippen molar-refractivity contribution >= 4 is 17.3 Å². The van der Waals surface area contributed by atoms with E-state index in [2.05, 4.69) is 50.2 Å². The van der Waals surface area contributed by atoms with Gasteiger partial charge in [0.25, 0.3) is 0 Å². The lowest BCUT2D eigenvalue weighted by Gasteiger charge is -2.29. The summed E-state index contributed by atoms with van der Waals surface area (Å²) in [5.74, 6) is 1.51. The standard InChI is InChI=1S/C17H27ClN2/c1-12(2)10-19-11-15-16(18)6-5-7-17(15)20(4)13(3)14-8-9-14/h5-7,12-14,19H,8-11H2,1-4H3. The van der Waals surface area contributed by atoms with Crippen molar-refractivity contribution in [3.05, 3.63) is 28.8 Å². The fourth-order valence-corrected chi connectivity index (χ4v) is 2.89. The summed E-state index contributed by atoms with van der Waals surface area (Å²) in [6, 6.07) is 6.83. The summed E-state index contributed by atoms with van der Waals surface area (Å²) in [5.41, 5.74) is 2.50. The van der Waals surface area contributed by atoms with Crippen LogP contribution in [0.15, 0.2) is 18.2 Å². The first-order valence-corrected chi connectivity index (χ1v) is 8.09. The lowest BCUT2D eigenvalue weighted by atomic mass is 10.1. The van der Waals surface area contributed by atoms with E-state index in [0.29, 0.717) is 12.0 Å². The van der Waals surface area contributed by atoms with Crippen LogP contribution in [-0.2, 0) is 6.54 Å². The van der Waals surface area contributed by atoms with Crippen molar-refractivity contribution in [1.82, 2.24) is 5.32 Å². The number of rotatable bonds is 7. The van der Waals surface area contributed by atoms with Crippen LogP contribution in [0.1, 0.15) is 39.2 Å². The minimum absolute atomic E-state index is 0.595. The van der Waals surface area contributed by atoms with E-state index >= 15 is 0 Å². The van der Waals surface area contributed by atoms with Gasteiger partial charge in [0.2, 0.25) is 0 Å². The summed E-state index contributed by atoms with van der Waals surface area (Å²) in [4.78, 5) is 2.40. The number of halogens is 1. The first kappa shape index (κ1) is 15.7. The quantitative estimate of drug-likeness (QED) is 0.805. The van der Waals surface area contributed by atoms with Crippen molar-refractivity contribution in [2.45, 2.75) is 46.2 Å². The van der Waals surface area contributed by atoms with Gasteiger partial charge in [-0.1, -0.05) is 31.5 Å². The average Bonchev–Trinajstić information content (AvgIpc) is 3.23. The molecule has 0 bridgehead atoms. The molecule has 0 aliphatic heterocycles. The van der Waals surface area contributed by atoms with Crippen molar-refractivity contribution in [3.63, 3.8) is 0 Å². The lowest BCUT2D eigenvalue weighted by molar-refractivity contribution is 0.550. The van der Waals surface area contributed by atoms with Gasteiger partial charge in [-0.05, 0) is 50.3 Å². The van der Waals surface area contributed by atoms with Crippen molar-refractivity contribution in [1.29, 1.82) is 0 Å². The molecule has 2 rings (SSSR count). The fraction of sp³-hybridized carbons (Fsp3) is 0.647. The van der Waals surface area contributed by atoms with Crippen LogP contribution < -0.4 is 10.2 Å². The Morgan fingerprint density at radius 3 is 2.60 bits per heavy atom. The second-order valence-corrected chi connectivity index (χ2v) is 6.86. The maximum Gasteiger partial charge on any atom is 0.0471 e. The molecule has 0 saturated heterocycles. The Morgan fingerprint density at radius 1 is 1.30 bits per heavy atom. The van der Waals surface area contributed by atoms with E-state index in [9.17, 15) is 0 Å². The predicted molar refractivity (Wildman–Crippen MR) is 88.6 cm³/mol. The van der Waals surface area contributed by atoms with E-state index < -0.39 is 0 Å². The van der Waals surface area contributed by atoms with Gasteiger partial charge in [-0.15, -0.1) is 0 Å². The van der Waals surface area contributed by atoms with Crippen LogP contribution in [0.4, 0.5) is 5.69 Å². The molecule has 1 aromatic rings. The molecule has 0 radical (unpaired) electrons. The molecule has 0 spiro atoms. The largest absolute Gasteiger partial charge is 0.371 e. The molecule has 1 fully saturated rings. The maximum atomic E-state index is 6.42. The van der Waals surface area contributed by atoms with Crippen LogP contribution >= 0.6 is 11.6 Å². The SMILES string of the molecule is CC(C)CNCc1c(Cl)cccc1N(C)C(C)C1CC1. The Labute approximate surface area is 128 Å². The zero-order chi connectivity index (χ0) is 14.7. The summed E-state index contributed by atoms with van der Waals surface area (Å²) >= 11 is 6.42. The van der Waals surface area contributed by atoms with Gasteiger partial charge < -0.3 is 10.2 Å². The van der Waals surface area contributed by atoms with Gasteiger partial charge in [-0.25, -0.2) is 0 Å². The highest BCUT2D eigenvalue weighted by Crippen LogP contribution is 2.38. The van der Waals surface area contributed by atoms with Crippen LogP contribution in [0.3, 0.4) is 0 Å². The van der Waals surface area contributed by atoms with Crippen LogP contribution in [0.25, 0.3) is 0 Å². The van der Waals surface area contributed by atoms with Gasteiger partial charge in [-0.2, -0.15) is 0 Å². The smallest absolute Gasteiger partial charge is 0.0471 e. The lowest BCUT2D eigenvalue weighted by Crippen LogP contribution is -2.32. The molecule has 0 aromatic heterocycles. The van der Waals surface area contributed by atoms with Gasteiger partial charge in [0.15, 0.2) is 0 Å². The summed E-state index contributed by atoms with van der Waals surface area (Å²) in [6.07, 6.45) is 2.74. The van der Waals surface area contributed by atoms with Crippen LogP contribution in [0.5, 0.6) is 0 Å². The molecule has 1 atom stereocenters. The summed E-state index contributed by atoms with van der Waals surface area (Å²) < 4.78 is 0. The first-order valence-electron chi connectivity index (χ1n) is 7.71. The van der Waals surface area contributed by atoms with Crippen LogP contribution in [0, 0.1) is 11.8 Å². The highest BCUT2D eigenvalue weighted by Gasteiger charge is 2.31. The summed E-state index contributed by atoms with van der Waals surface area (Å²) in [6.45, 7) is 8.63. The molecule has 0 amide bonds. The molecule has 1 saturated carbocycles. The number of hydrogen-bond acceptors (Lipinski definition) is 2. The molecular weight excluding hydrogens is 268 g/mol. The zero-order valence-corrected chi connectivity index (χ0v) is 13.9. The zero-order valence-electron chi connectivity index (χ0n) is 13.1. The summed E-state index contributed by atoms with van der Waals surface area (Å²) in [5, 5.41) is 4.38. The first-order chi connectivity index (χ1) is 9.50. The van der Waals surface area contributed by atoms with E-state index in [0.717, 1.165) is 24.0 Å². The Bertz CT molecular complexity index is 441. The Hall–Kier alpha value is -0.730. The predicted octanol–water partition coefficient (Wildman–Crippen LogP) is 4.32. The van der Waals surface area contributed by atoms with Gasteiger partial charge in [-0.3, -0.25) is 0 Å². The number of nitrogens with zero attached hydrogens (tertiary/aromatic N) is 1. The molecule has 112 valence electrons. The average molecular weight is 295 g/mol. The van der Waals surface area contributed by atoms with E-state index in [1.54, 1.807) is 0 Å². The molecule has 1 N–H and O–H groups in total. The van der Waals surface area contributed by atoms with Crippen LogP contribution in [-0.4, -0.2) is 19.6 Å². The van der Waals surface area contributed by atoms with E-state index in [1.807, 2.05) is 6.07 Å². The van der Waals surface area contributed by atoms with Crippen LogP contribution in [0.2, 0.25) is 5.02 Å². The molecule has 1 aromatic carbocycles. The van der Waals surface area contributed by atoms with Gasteiger partial charge in [0.1, 0.15) is 0 Å². The van der Waals surface area contributed by atoms with Crippen molar-refractivity contribution in [2.75, 3.05) is 18.5 Å². The molecule has 1 unspecified atom stereocenters. The van der Waals surface area contributed by atoms with Crippen molar-refractivity contribution in [3.8, 4) is 0 Å². The minimum Gasteiger partial charge on any atom is -0.371 e. The molecule has 3 heteroatoms. The van der Waals surface area contributed by atoms with E-state index in [-0.39, 0.29) is 0 Å². The Morgan fingerprint density at radius 2 is 2.00 bits per heavy atom. The normalized spacial score (nSPS) is 16.5. The van der Waals surface area contributed by atoms with E-state index in [1.165, 1.54) is 24.1 Å². The number of benzene rings is 1. The fourth-order valence-electron chi connectivity index (χ4n) is 2.65. The number of hydrogen-bond donors (Lipinski definition) is 1. The van der Waals surface area contributed by atoms with Gasteiger partial charge >= 0.3 is 0 Å². The molecule has 1 aliphatic rings. The highest BCUT2D eigenvalue weighted by atomic mass is 35.5.